The van der Waals surface area contributed by atoms with E-state index in [1.807, 2.05) is 0 Å². The topological polar surface area (TPSA) is 72.2 Å². The molecule has 17 heavy (non-hydrogen) atoms. The molecule has 0 saturated heterocycles. The molecule has 0 aliphatic carbocycles. The lowest BCUT2D eigenvalue weighted by atomic mass is 10.1. The molecule has 0 spiro atoms. The van der Waals surface area contributed by atoms with E-state index in [2.05, 4.69) is 11.9 Å². The smallest absolute Gasteiger partial charge is 0.241 e. The van der Waals surface area contributed by atoms with Gasteiger partial charge in [-0.25, -0.2) is 0 Å². The van der Waals surface area contributed by atoms with Crippen LogP contribution in [0.1, 0.15) is 23.7 Å². The lowest BCUT2D eigenvalue weighted by Crippen LogP contribution is -2.35. The number of hydrogen-bond donors (Lipinski definition) is 2. The van der Waals surface area contributed by atoms with Gasteiger partial charge in [-0.1, -0.05) is 18.2 Å². The van der Waals surface area contributed by atoms with Gasteiger partial charge < -0.3 is 11.1 Å². The molecule has 3 N–H and O–H groups in total. The molecule has 0 bridgehead atoms. The number of nitrogens with one attached hydrogen (secondary N) is 1. The van der Waals surface area contributed by atoms with E-state index in [4.69, 9.17) is 5.73 Å². The van der Waals surface area contributed by atoms with Gasteiger partial charge in [0.25, 0.3) is 0 Å². The number of carbonyl (C=O) groups excluding carboxylic acids is 2. The zero-order chi connectivity index (χ0) is 12.8. The van der Waals surface area contributed by atoms with Crippen LogP contribution in [-0.2, 0) is 4.79 Å². The van der Waals surface area contributed by atoms with Gasteiger partial charge in [-0.3, -0.25) is 9.59 Å². The summed E-state index contributed by atoms with van der Waals surface area (Å²) >= 11 is 0. The number of Topliss-reactive ketones (excluding diaryl/α,β-unsaturated/α-hetero) is 1. The Hall–Kier alpha value is -1.94. The van der Waals surface area contributed by atoms with Crippen molar-refractivity contribution in [2.45, 2.75) is 19.4 Å². The summed E-state index contributed by atoms with van der Waals surface area (Å²) < 4.78 is 0. The second-order valence-corrected chi connectivity index (χ2v) is 3.76. The molecule has 0 fully saturated rings. The van der Waals surface area contributed by atoms with Gasteiger partial charge in [0, 0.05) is 11.3 Å². The molecule has 0 aromatic heterocycles. The Morgan fingerprint density at radius 1 is 1.53 bits per heavy atom. The number of nitrogens with two attached hydrogens (primary N) is 1. The third-order valence-electron chi connectivity index (χ3n) is 2.29. The second-order valence-electron chi connectivity index (χ2n) is 3.76. The fourth-order valence-corrected chi connectivity index (χ4v) is 1.34. The quantitative estimate of drug-likeness (QED) is 0.600. The first-order valence-corrected chi connectivity index (χ1v) is 5.33. The van der Waals surface area contributed by atoms with Crippen LogP contribution in [0.5, 0.6) is 0 Å². The molecule has 4 heteroatoms. The van der Waals surface area contributed by atoms with Crippen molar-refractivity contribution in [1.29, 1.82) is 0 Å². The van der Waals surface area contributed by atoms with Gasteiger partial charge in [-0.05, 0) is 25.5 Å². The minimum absolute atomic E-state index is 0.0449. The summed E-state index contributed by atoms with van der Waals surface area (Å²) in [6.07, 6.45) is 2.01. The fourth-order valence-electron chi connectivity index (χ4n) is 1.34. The molecule has 0 radical (unpaired) electrons. The molecule has 0 saturated carbocycles. The Morgan fingerprint density at radius 3 is 2.82 bits per heavy atom. The van der Waals surface area contributed by atoms with Gasteiger partial charge in [0.05, 0.1) is 6.04 Å². The lowest BCUT2D eigenvalue weighted by molar-refractivity contribution is -0.117. The minimum Gasteiger partial charge on any atom is -0.325 e. The molecule has 1 unspecified atom stereocenters. The van der Waals surface area contributed by atoms with Gasteiger partial charge in [-0.2, -0.15) is 0 Å². The molecule has 1 amide bonds. The summed E-state index contributed by atoms with van der Waals surface area (Å²) in [5.74, 6) is -0.331. The number of hydrogen-bond acceptors (Lipinski definition) is 3. The van der Waals surface area contributed by atoms with Crippen molar-refractivity contribution in [3.63, 3.8) is 0 Å². The van der Waals surface area contributed by atoms with Gasteiger partial charge >= 0.3 is 0 Å². The van der Waals surface area contributed by atoms with Crippen LogP contribution in [0.15, 0.2) is 36.9 Å². The highest BCUT2D eigenvalue weighted by atomic mass is 16.2. The first kappa shape index (κ1) is 13.1. The van der Waals surface area contributed by atoms with Crippen LogP contribution in [0.2, 0.25) is 0 Å². The van der Waals surface area contributed by atoms with Crippen LogP contribution in [0.4, 0.5) is 5.69 Å². The number of rotatable bonds is 5. The average molecular weight is 232 g/mol. The molecule has 1 rings (SSSR count). The first-order chi connectivity index (χ1) is 8.04. The third-order valence-corrected chi connectivity index (χ3v) is 2.29. The Bertz CT molecular complexity index is 441. The van der Waals surface area contributed by atoms with Crippen molar-refractivity contribution in [2.75, 3.05) is 5.32 Å². The maximum atomic E-state index is 11.6. The predicted molar refractivity (Wildman–Crippen MR) is 67.9 cm³/mol. The van der Waals surface area contributed by atoms with E-state index >= 15 is 0 Å². The molecule has 0 heterocycles. The molecule has 1 atom stereocenters. The number of carbonyl (C=O) groups is 2. The third kappa shape index (κ3) is 3.85. The largest absolute Gasteiger partial charge is 0.325 e. The molecule has 0 aliphatic rings. The highest BCUT2D eigenvalue weighted by Crippen LogP contribution is 2.11. The summed E-state index contributed by atoms with van der Waals surface area (Å²) in [6.45, 7) is 5.00. The summed E-state index contributed by atoms with van der Waals surface area (Å²) in [5.41, 5.74) is 6.75. The minimum atomic E-state index is -0.617. The average Bonchev–Trinajstić information content (AvgIpc) is 2.29. The SMILES string of the molecule is C=CCC(N)C(=O)Nc1cccc(C(C)=O)c1. The van der Waals surface area contributed by atoms with E-state index in [9.17, 15) is 9.59 Å². The van der Waals surface area contributed by atoms with Crippen LogP contribution < -0.4 is 11.1 Å². The Balaban J connectivity index is 2.74. The maximum absolute atomic E-state index is 11.6. The Morgan fingerprint density at radius 2 is 2.24 bits per heavy atom. The monoisotopic (exact) mass is 232 g/mol. The van der Waals surface area contributed by atoms with E-state index in [0.717, 1.165) is 0 Å². The number of amides is 1. The van der Waals surface area contributed by atoms with Gasteiger partial charge in [0.2, 0.25) is 5.91 Å². The summed E-state index contributed by atoms with van der Waals surface area (Å²) in [4.78, 5) is 22.8. The maximum Gasteiger partial charge on any atom is 0.241 e. The van der Waals surface area contributed by atoms with Crippen molar-refractivity contribution >= 4 is 17.4 Å². The Labute approximate surface area is 101 Å². The molecule has 0 aliphatic heterocycles. The van der Waals surface area contributed by atoms with Crippen LogP contribution >= 0.6 is 0 Å². The van der Waals surface area contributed by atoms with Gasteiger partial charge in [-0.15, -0.1) is 6.58 Å². The van der Waals surface area contributed by atoms with E-state index in [1.165, 1.54) is 6.92 Å². The highest BCUT2D eigenvalue weighted by Gasteiger charge is 2.11. The molecular weight excluding hydrogens is 216 g/mol. The molecular formula is C13H16N2O2. The van der Waals surface area contributed by atoms with Crippen molar-refractivity contribution in [3.05, 3.63) is 42.5 Å². The second kappa shape index (κ2) is 5.96. The zero-order valence-corrected chi connectivity index (χ0v) is 9.77. The summed E-state index contributed by atoms with van der Waals surface area (Å²) in [7, 11) is 0. The molecule has 1 aromatic carbocycles. The van der Waals surface area contributed by atoms with E-state index in [1.54, 1.807) is 30.3 Å². The Kier molecular flexibility index (Phi) is 4.60. The van der Waals surface area contributed by atoms with Crippen LogP contribution in [0.25, 0.3) is 0 Å². The molecule has 1 aromatic rings. The number of ketones is 1. The molecule has 90 valence electrons. The van der Waals surface area contributed by atoms with Crippen molar-refractivity contribution in [1.82, 2.24) is 0 Å². The highest BCUT2D eigenvalue weighted by molar-refractivity contribution is 5.98. The fraction of sp³-hybridized carbons (Fsp3) is 0.231. The normalized spacial score (nSPS) is 11.6. The van der Waals surface area contributed by atoms with E-state index in [-0.39, 0.29) is 11.7 Å². The number of anilines is 1. The number of benzene rings is 1. The summed E-state index contributed by atoms with van der Waals surface area (Å²) in [6, 6.07) is 6.13. The summed E-state index contributed by atoms with van der Waals surface area (Å²) in [5, 5.41) is 2.66. The van der Waals surface area contributed by atoms with E-state index in [0.29, 0.717) is 17.7 Å². The predicted octanol–water partition coefficient (Wildman–Crippen LogP) is 1.73. The zero-order valence-electron chi connectivity index (χ0n) is 9.77. The van der Waals surface area contributed by atoms with Crippen LogP contribution in [0, 0.1) is 0 Å². The van der Waals surface area contributed by atoms with Crippen LogP contribution in [0.3, 0.4) is 0 Å². The molecule has 4 nitrogen and oxygen atoms in total. The van der Waals surface area contributed by atoms with E-state index < -0.39 is 6.04 Å². The van der Waals surface area contributed by atoms with Gasteiger partial charge in [0.15, 0.2) is 5.78 Å². The van der Waals surface area contributed by atoms with Crippen molar-refractivity contribution in [3.8, 4) is 0 Å². The van der Waals surface area contributed by atoms with Crippen LogP contribution in [-0.4, -0.2) is 17.7 Å². The van der Waals surface area contributed by atoms with Crippen molar-refractivity contribution in [2.24, 2.45) is 5.73 Å². The van der Waals surface area contributed by atoms with Gasteiger partial charge in [0.1, 0.15) is 0 Å². The lowest BCUT2D eigenvalue weighted by Gasteiger charge is -2.10. The first-order valence-electron chi connectivity index (χ1n) is 5.33. The van der Waals surface area contributed by atoms with Crippen molar-refractivity contribution < 1.29 is 9.59 Å². The standard InChI is InChI=1S/C13H16N2O2/c1-3-5-12(14)13(17)15-11-7-4-6-10(8-11)9(2)16/h3-4,6-8,12H,1,5,14H2,2H3,(H,15,17).